The summed E-state index contributed by atoms with van der Waals surface area (Å²) in [6.45, 7) is 6.27. The van der Waals surface area contributed by atoms with Crippen molar-refractivity contribution in [1.29, 1.82) is 0 Å². The highest BCUT2D eigenvalue weighted by Crippen LogP contribution is 2.39. The number of ether oxygens (including phenoxy) is 2. The molecule has 11 nitrogen and oxygen atoms in total. The van der Waals surface area contributed by atoms with Gasteiger partial charge >= 0.3 is 24.2 Å². The first-order valence-electron chi connectivity index (χ1n) is 13.0. The molecule has 3 rings (SSSR count). The maximum Gasteiger partial charge on any atom is 0.491 e. The molecule has 2 aromatic rings. The Morgan fingerprint density at radius 1 is 1.12 bits per heavy atom. The number of piperidine rings is 1. The minimum absolute atomic E-state index is 0.0682. The Bertz CT molecular complexity index is 1140. The number of unbranched alkanes of at least 4 members (excludes halogenated alkanes) is 1. The minimum atomic E-state index is -5.29. The lowest BCUT2D eigenvalue weighted by Gasteiger charge is -2.40. The first-order chi connectivity index (χ1) is 18.7. The van der Waals surface area contributed by atoms with E-state index in [2.05, 4.69) is 25.2 Å². The third-order valence-corrected chi connectivity index (χ3v) is 6.27. The number of carbonyl (C=O) groups excluding carboxylic acids is 3. The van der Waals surface area contributed by atoms with Crippen molar-refractivity contribution in [1.82, 2.24) is 20.0 Å². The predicted molar refractivity (Wildman–Crippen MR) is 135 cm³/mol. The highest BCUT2D eigenvalue weighted by molar-refractivity contribution is 5.88. The van der Waals surface area contributed by atoms with Crippen LogP contribution in [0.3, 0.4) is 0 Å². The summed E-state index contributed by atoms with van der Waals surface area (Å²) in [5, 5.41) is 7.20. The summed E-state index contributed by atoms with van der Waals surface area (Å²) in [7, 11) is 0. The highest BCUT2D eigenvalue weighted by Gasteiger charge is 2.45. The third kappa shape index (κ3) is 9.79. The van der Waals surface area contributed by atoms with Gasteiger partial charge in [-0.2, -0.15) is 18.2 Å². The normalized spacial score (nSPS) is 15.4. The number of halogens is 3. The number of esters is 2. The Labute approximate surface area is 229 Å². The molecule has 0 bridgehead atoms. The average Bonchev–Trinajstić information content (AvgIpc) is 3.29. The molecule has 1 aliphatic rings. The molecule has 1 N–H and O–H groups in total. The van der Waals surface area contributed by atoms with Crippen LogP contribution in [0.2, 0.25) is 0 Å². The predicted octanol–water partition coefficient (Wildman–Crippen LogP) is 4.48. The van der Waals surface area contributed by atoms with Gasteiger partial charge in [0.2, 0.25) is 5.89 Å². The van der Waals surface area contributed by atoms with E-state index in [0.717, 1.165) is 18.7 Å². The molecule has 1 amide bonds. The van der Waals surface area contributed by atoms with Gasteiger partial charge in [0.1, 0.15) is 11.4 Å². The van der Waals surface area contributed by atoms with Crippen LogP contribution >= 0.6 is 0 Å². The van der Waals surface area contributed by atoms with Crippen LogP contribution in [-0.2, 0) is 31.9 Å². The molecule has 3 heterocycles. The molecule has 0 aromatic carbocycles. The number of rotatable bonds is 10. The average molecular weight is 570 g/mol. The number of aromatic nitrogens is 3. The molecule has 0 unspecified atom stereocenters. The van der Waals surface area contributed by atoms with Crippen molar-refractivity contribution in [3.63, 3.8) is 0 Å². The molecular formula is C26H34F3N5O6. The second-order valence-electron chi connectivity index (χ2n) is 10.8. The van der Waals surface area contributed by atoms with Crippen molar-refractivity contribution >= 4 is 23.8 Å². The molecule has 1 fully saturated rings. The molecule has 220 valence electrons. The van der Waals surface area contributed by atoms with Crippen LogP contribution in [0.1, 0.15) is 64.6 Å². The number of aryl methyl sites for hydroxylation is 1. The number of anilines is 1. The monoisotopic (exact) mass is 569 g/mol. The minimum Gasteiger partial charge on any atom is -0.444 e. The van der Waals surface area contributed by atoms with Crippen LogP contribution in [0, 0.1) is 5.41 Å². The number of amides is 1. The zero-order chi connectivity index (χ0) is 29.4. The van der Waals surface area contributed by atoms with Crippen LogP contribution in [0.5, 0.6) is 0 Å². The van der Waals surface area contributed by atoms with Gasteiger partial charge in [0.25, 0.3) is 0 Å². The number of nitrogens with zero attached hydrogens (tertiary/aromatic N) is 4. The Balaban J connectivity index is 1.60. The topological polar surface area (TPSA) is 137 Å². The number of hydrogen-bond donors (Lipinski definition) is 1. The van der Waals surface area contributed by atoms with Crippen molar-refractivity contribution in [3.8, 4) is 0 Å². The summed E-state index contributed by atoms with van der Waals surface area (Å²) in [6, 6.07) is 5.59. The Kier molecular flexibility index (Phi) is 10.1. The third-order valence-electron chi connectivity index (χ3n) is 6.27. The summed E-state index contributed by atoms with van der Waals surface area (Å²) in [5.41, 5.74) is -1.67. The first-order valence-corrected chi connectivity index (χ1v) is 13.0. The number of pyridine rings is 1. The largest absolute Gasteiger partial charge is 0.491 e. The van der Waals surface area contributed by atoms with Crippen LogP contribution < -0.4 is 5.32 Å². The zero-order valence-corrected chi connectivity index (χ0v) is 22.8. The lowest BCUT2D eigenvalue weighted by atomic mass is 9.73. The maximum absolute atomic E-state index is 12.6. The molecule has 0 saturated carbocycles. The highest BCUT2D eigenvalue weighted by atomic mass is 19.4. The van der Waals surface area contributed by atoms with Crippen LogP contribution in [-0.4, -0.2) is 69.5 Å². The SMILES string of the molecule is CC(C)(C)OC(=O)N1CCC(CC(=O)OC(=O)C(F)(F)F)(Cc2nc(CCCCNc3ccccn3)no2)CC1. The van der Waals surface area contributed by atoms with Gasteiger partial charge in [-0.15, -0.1) is 0 Å². The van der Waals surface area contributed by atoms with E-state index in [1.165, 1.54) is 4.90 Å². The summed E-state index contributed by atoms with van der Waals surface area (Å²) >= 11 is 0. The van der Waals surface area contributed by atoms with Gasteiger partial charge in [0.15, 0.2) is 5.82 Å². The van der Waals surface area contributed by atoms with Gasteiger partial charge in [0.05, 0.1) is 6.42 Å². The van der Waals surface area contributed by atoms with E-state index in [4.69, 9.17) is 9.26 Å². The van der Waals surface area contributed by atoms with Gasteiger partial charge in [0, 0.05) is 38.7 Å². The summed E-state index contributed by atoms with van der Waals surface area (Å²) in [4.78, 5) is 46.1. The summed E-state index contributed by atoms with van der Waals surface area (Å²) in [5.74, 6) is -2.43. The van der Waals surface area contributed by atoms with Crippen LogP contribution in [0.4, 0.5) is 23.8 Å². The molecule has 0 radical (unpaired) electrons. The van der Waals surface area contributed by atoms with E-state index >= 15 is 0 Å². The molecule has 1 aliphatic heterocycles. The molecule has 40 heavy (non-hydrogen) atoms. The van der Waals surface area contributed by atoms with Crippen molar-refractivity contribution in [2.24, 2.45) is 5.41 Å². The molecule has 2 aromatic heterocycles. The fourth-order valence-corrected chi connectivity index (χ4v) is 4.29. The van der Waals surface area contributed by atoms with Crippen molar-refractivity contribution in [3.05, 3.63) is 36.1 Å². The van der Waals surface area contributed by atoms with E-state index in [-0.39, 0.29) is 38.2 Å². The van der Waals surface area contributed by atoms with Crippen molar-refractivity contribution < 1.29 is 41.6 Å². The van der Waals surface area contributed by atoms with Gasteiger partial charge in [-0.05, 0) is 64.0 Å². The van der Waals surface area contributed by atoms with E-state index in [0.29, 0.717) is 18.8 Å². The van der Waals surface area contributed by atoms with Crippen LogP contribution in [0.25, 0.3) is 0 Å². The van der Waals surface area contributed by atoms with Gasteiger partial charge in [-0.1, -0.05) is 11.2 Å². The quantitative estimate of drug-likeness (QED) is 0.248. The second-order valence-corrected chi connectivity index (χ2v) is 10.8. The maximum atomic E-state index is 12.6. The lowest BCUT2D eigenvalue weighted by molar-refractivity contribution is -0.202. The van der Waals surface area contributed by atoms with E-state index in [1.54, 1.807) is 27.0 Å². The van der Waals surface area contributed by atoms with Gasteiger partial charge < -0.3 is 24.2 Å². The number of alkyl halides is 3. The number of carbonyl (C=O) groups is 3. The zero-order valence-electron chi connectivity index (χ0n) is 22.8. The molecular weight excluding hydrogens is 535 g/mol. The molecule has 0 spiro atoms. The van der Waals surface area contributed by atoms with Crippen molar-refractivity contribution in [2.75, 3.05) is 25.0 Å². The molecule has 0 aliphatic carbocycles. The standard InChI is InChI=1S/C26H34F3N5O6/c1-24(2,3)39-23(37)34-14-10-25(11-15-34,17-21(35)38-22(36)26(27,28)29)16-20-32-19(33-40-20)9-5-7-13-31-18-8-4-6-12-30-18/h4,6,8,12H,5,7,9-11,13-17H2,1-3H3,(H,30,31). The van der Waals surface area contributed by atoms with Gasteiger partial charge in [-0.25, -0.2) is 14.6 Å². The number of likely N-dealkylation sites (tertiary alicyclic amines) is 1. The van der Waals surface area contributed by atoms with Crippen LogP contribution in [0.15, 0.2) is 28.9 Å². The molecule has 1 saturated heterocycles. The van der Waals surface area contributed by atoms with Gasteiger partial charge in [-0.3, -0.25) is 4.79 Å². The lowest BCUT2D eigenvalue weighted by Crippen LogP contribution is -2.47. The van der Waals surface area contributed by atoms with E-state index in [9.17, 15) is 27.6 Å². The Morgan fingerprint density at radius 3 is 2.48 bits per heavy atom. The second kappa shape index (κ2) is 13.1. The van der Waals surface area contributed by atoms with Crippen molar-refractivity contribution in [2.45, 2.75) is 77.5 Å². The first kappa shape index (κ1) is 30.8. The number of nitrogens with one attached hydrogen (secondary N) is 1. The van der Waals surface area contributed by atoms with E-state index < -0.39 is 41.6 Å². The Hall–Kier alpha value is -3.71. The fourth-order valence-electron chi connectivity index (χ4n) is 4.29. The molecule has 14 heteroatoms. The Morgan fingerprint density at radius 2 is 1.85 bits per heavy atom. The smallest absolute Gasteiger partial charge is 0.444 e. The summed E-state index contributed by atoms with van der Waals surface area (Å²) in [6.07, 6.45) is -1.99. The van der Waals surface area contributed by atoms with E-state index in [1.807, 2.05) is 18.2 Å². The summed E-state index contributed by atoms with van der Waals surface area (Å²) < 4.78 is 52.7. The number of hydrogen-bond acceptors (Lipinski definition) is 10. The molecule has 0 atom stereocenters. The fraction of sp³-hybridized carbons (Fsp3) is 0.615.